The summed E-state index contributed by atoms with van der Waals surface area (Å²) in [6.45, 7) is 6.85. The minimum absolute atomic E-state index is 0.0681. The molecule has 2 N–H and O–H groups in total. The van der Waals surface area contributed by atoms with E-state index in [1.54, 1.807) is 0 Å². The van der Waals surface area contributed by atoms with Gasteiger partial charge in [-0.15, -0.1) is 6.42 Å². The van der Waals surface area contributed by atoms with E-state index < -0.39 is 0 Å². The molecule has 0 saturated heterocycles. The van der Waals surface area contributed by atoms with Crippen LogP contribution in [0.15, 0.2) is 18.2 Å². The summed E-state index contributed by atoms with van der Waals surface area (Å²) in [5.74, 6) is 2.74. The first kappa shape index (κ1) is 14.3. The predicted octanol–water partition coefficient (Wildman–Crippen LogP) is 2.28. The van der Waals surface area contributed by atoms with Gasteiger partial charge in [0.05, 0.1) is 13.1 Å². The summed E-state index contributed by atoms with van der Waals surface area (Å²) >= 11 is 0. The lowest BCUT2D eigenvalue weighted by atomic mass is 9.98. The van der Waals surface area contributed by atoms with Gasteiger partial charge in [-0.1, -0.05) is 38.0 Å². The zero-order valence-electron chi connectivity index (χ0n) is 11.2. The molecule has 0 radical (unpaired) electrons. The fraction of sp³-hybridized carbons (Fsp3) is 0.400. The Bertz CT molecular complexity index is 458. The largest absolute Gasteiger partial charge is 0.324 e. The van der Waals surface area contributed by atoms with Gasteiger partial charge in [0, 0.05) is 5.69 Å². The van der Waals surface area contributed by atoms with Crippen LogP contribution in [0, 0.1) is 19.3 Å². The number of aryl methyl sites for hydroxylation is 1. The highest BCUT2D eigenvalue weighted by atomic mass is 16.1. The molecule has 0 spiro atoms. The Labute approximate surface area is 109 Å². The van der Waals surface area contributed by atoms with Crippen LogP contribution in [0.5, 0.6) is 0 Å². The number of terminal acetylenes is 1. The summed E-state index contributed by atoms with van der Waals surface area (Å²) in [5.41, 5.74) is 3.15. The van der Waals surface area contributed by atoms with Gasteiger partial charge in [0.15, 0.2) is 0 Å². The van der Waals surface area contributed by atoms with E-state index in [-0.39, 0.29) is 12.5 Å². The summed E-state index contributed by atoms with van der Waals surface area (Å²) in [7, 11) is 0. The highest BCUT2D eigenvalue weighted by Crippen LogP contribution is 2.27. The van der Waals surface area contributed by atoms with Crippen molar-refractivity contribution in [2.45, 2.75) is 26.7 Å². The Morgan fingerprint density at radius 1 is 1.44 bits per heavy atom. The Hall–Kier alpha value is -1.79. The first-order chi connectivity index (χ1) is 8.56. The number of nitrogens with one attached hydrogen (secondary N) is 2. The van der Waals surface area contributed by atoms with Crippen LogP contribution in [-0.4, -0.2) is 19.0 Å². The van der Waals surface area contributed by atoms with E-state index in [2.05, 4.69) is 30.4 Å². The molecule has 18 heavy (non-hydrogen) atoms. The molecule has 0 unspecified atom stereocenters. The summed E-state index contributed by atoms with van der Waals surface area (Å²) in [6.07, 6.45) is 5.11. The van der Waals surface area contributed by atoms with Crippen LogP contribution in [-0.2, 0) is 4.79 Å². The van der Waals surface area contributed by atoms with Gasteiger partial charge in [-0.3, -0.25) is 10.1 Å². The third kappa shape index (κ3) is 3.90. The van der Waals surface area contributed by atoms with E-state index in [9.17, 15) is 4.79 Å². The summed E-state index contributed by atoms with van der Waals surface area (Å²) in [6, 6.07) is 6.05. The van der Waals surface area contributed by atoms with Crippen LogP contribution < -0.4 is 10.6 Å². The molecule has 0 atom stereocenters. The topological polar surface area (TPSA) is 41.1 Å². The highest BCUT2D eigenvalue weighted by molar-refractivity contribution is 5.93. The van der Waals surface area contributed by atoms with Crippen LogP contribution in [0.25, 0.3) is 0 Å². The standard InChI is InChI=1S/C15H20N2O/c1-5-9-16-10-14(18)17-15-12(4)7-6-8-13(15)11(2)3/h1,6-8,11,16H,9-10H2,2-4H3,(H,17,18). The van der Waals surface area contributed by atoms with Gasteiger partial charge in [-0.25, -0.2) is 0 Å². The van der Waals surface area contributed by atoms with Crippen molar-refractivity contribution in [1.29, 1.82) is 0 Å². The van der Waals surface area contributed by atoms with Crippen LogP contribution in [0.2, 0.25) is 0 Å². The molecule has 0 fully saturated rings. The number of hydrogen-bond acceptors (Lipinski definition) is 2. The van der Waals surface area contributed by atoms with Crippen LogP contribution in [0.1, 0.15) is 30.9 Å². The van der Waals surface area contributed by atoms with E-state index in [1.165, 1.54) is 0 Å². The van der Waals surface area contributed by atoms with Gasteiger partial charge in [0.1, 0.15) is 0 Å². The van der Waals surface area contributed by atoms with Gasteiger partial charge in [-0.2, -0.15) is 0 Å². The van der Waals surface area contributed by atoms with Crippen molar-refractivity contribution in [2.24, 2.45) is 0 Å². The fourth-order valence-corrected chi connectivity index (χ4v) is 1.77. The van der Waals surface area contributed by atoms with Gasteiger partial charge in [0.25, 0.3) is 0 Å². The normalized spacial score (nSPS) is 10.2. The molecular weight excluding hydrogens is 224 g/mol. The van der Waals surface area contributed by atoms with Gasteiger partial charge in [0.2, 0.25) is 5.91 Å². The van der Waals surface area contributed by atoms with Crippen molar-refractivity contribution in [1.82, 2.24) is 5.32 Å². The van der Waals surface area contributed by atoms with E-state index in [4.69, 9.17) is 6.42 Å². The number of amides is 1. The number of anilines is 1. The molecule has 0 bridgehead atoms. The van der Waals surface area contributed by atoms with E-state index in [0.717, 1.165) is 16.8 Å². The van der Waals surface area contributed by atoms with Crippen LogP contribution in [0.4, 0.5) is 5.69 Å². The summed E-state index contributed by atoms with van der Waals surface area (Å²) < 4.78 is 0. The molecule has 0 aliphatic rings. The molecular formula is C15H20N2O. The van der Waals surface area contributed by atoms with Crippen molar-refractivity contribution in [3.8, 4) is 12.3 Å². The average Bonchev–Trinajstić information content (AvgIpc) is 2.31. The molecule has 0 heterocycles. The highest BCUT2D eigenvalue weighted by Gasteiger charge is 2.11. The second-order valence-corrected chi connectivity index (χ2v) is 4.55. The second-order valence-electron chi connectivity index (χ2n) is 4.55. The molecule has 3 heteroatoms. The zero-order chi connectivity index (χ0) is 13.5. The monoisotopic (exact) mass is 244 g/mol. The number of benzene rings is 1. The Balaban J connectivity index is 2.77. The number of carbonyl (C=O) groups is 1. The molecule has 1 aromatic carbocycles. The molecule has 1 amide bonds. The third-order valence-corrected chi connectivity index (χ3v) is 2.70. The average molecular weight is 244 g/mol. The smallest absolute Gasteiger partial charge is 0.238 e. The SMILES string of the molecule is C#CCNCC(=O)Nc1c(C)cccc1C(C)C. The lowest BCUT2D eigenvalue weighted by Crippen LogP contribution is -2.28. The third-order valence-electron chi connectivity index (χ3n) is 2.70. The van der Waals surface area contributed by atoms with Crippen molar-refractivity contribution in [3.05, 3.63) is 29.3 Å². The van der Waals surface area contributed by atoms with E-state index in [0.29, 0.717) is 12.5 Å². The van der Waals surface area contributed by atoms with Gasteiger partial charge >= 0.3 is 0 Å². The van der Waals surface area contributed by atoms with E-state index >= 15 is 0 Å². The zero-order valence-corrected chi connectivity index (χ0v) is 11.2. The fourth-order valence-electron chi connectivity index (χ4n) is 1.77. The maximum atomic E-state index is 11.8. The molecule has 1 aromatic rings. The van der Waals surface area contributed by atoms with Crippen LogP contribution >= 0.6 is 0 Å². The first-order valence-electron chi connectivity index (χ1n) is 6.09. The first-order valence-corrected chi connectivity index (χ1v) is 6.09. The molecule has 0 aromatic heterocycles. The quantitative estimate of drug-likeness (QED) is 0.616. The molecule has 0 aliphatic heterocycles. The minimum atomic E-state index is -0.0681. The number of hydrogen-bond donors (Lipinski definition) is 2. The minimum Gasteiger partial charge on any atom is -0.324 e. The summed E-state index contributed by atoms with van der Waals surface area (Å²) in [5, 5.41) is 5.82. The lowest BCUT2D eigenvalue weighted by Gasteiger charge is -2.16. The molecule has 96 valence electrons. The number of para-hydroxylation sites is 1. The maximum Gasteiger partial charge on any atom is 0.238 e. The molecule has 0 aliphatic carbocycles. The Kier molecular flexibility index (Phi) is 5.41. The molecule has 1 rings (SSSR count). The number of rotatable bonds is 5. The lowest BCUT2D eigenvalue weighted by molar-refractivity contribution is -0.115. The molecule has 3 nitrogen and oxygen atoms in total. The number of carbonyl (C=O) groups excluding carboxylic acids is 1. The second kappa shape index (κ2) is 6.83. The summed E-state index contributed by atoms with van der Waals surface area (Å²) in [4.78, 5) is 11.8. The maximum absolute atomic E-state index is 11.8. The van der Waals surface area contributed by atoms with Crippen LogP contribution in [0.3, 0.4) is 0 Å². The van der Waals surface area contributed by atoms with E-state index in [1.807, 2.05) is 25.1 Å². The van der Waals surface area contributed by atoms with Crippen molar-refractivity contribution < 1.29 is 4.79 Å². The van der Waals surface area contributed by atoms with Gasteiger partial charge in [-0.05, 0) is 24.0 Å². The Morgan fingerprint density at radius 2 is 2.17 bits per heavy atom. The van der Waals surface area contributed by atoms with Crippen molar-refractivity contribution in [2.75, 3.05) is 18.4 Å². The molecule has 0 saturated carbocycles. The Morgan fingerprint density at radius 3 is 2.78 bits per heavy atom. The van der Waals surface area contributed by atoms with Gasteiger partial charge < -0.3 is 5.32 Å². The van der Waals surface area contributed by atoms with Crippen molar-refractivity contribution >= 4 is 11.6 Å². The van der Waals surface area contributed by atoms with Crippen molar-refractivity contribution in [3.63, 3.8) is 0 Å². The predicted molar refractivity (Wildman–Crippen MR) is 75.6 cm³/mol.